The maximum absolute atomic E-state index is 3.41. The van der Waals surface area contributed by atoms with Gasteiger partial charge in [-0.2, -0.15) is 0 Å². The minimum atomic E-state index is 0.777. The fourth-order valence-corrected chi connectivity index (χ4v) is 3.24. The van der Waals surface area contributed by atoms with Gasteiger partial charge in [0.25, 0.3) is 0 Å². The Balaban J connectivity index is 1.61. The van der Waals surface area contributed by atoms with E-state index in [0.717, 1.165) is 19.0 Å². The Bertz CT molecular complexity index is 408. The van der Waals surface area contributed by atoms with Gasteiger partial charge in [-0.25, -0.2) is 0 Å². The molecule has 1 aromatic carbocycles. The Morgan fingerprint density at radius 2 is 2.11 bits per heavy atom. The Labute approximate surface area is 110 Å². The highest BCUT2D eigenvalue weighted by Crippen LogP contribution is 2.33. The Hall–Kier alpha value is -0.860. The number of hydrogen-bond donors (Lipinski definition) is 1. The highest BCUT2D eigenvalue weighted by atomic mass is 15.2. The van der Waals surface area contributed by atoms with Crippen molar-refractivity contribution in [2.45, 2.75) is 32.1 Å². The van der Waals surface area contributed by atoms with E-state index in [2.05, 4.69) is 35.3 Å². The lowest BCUT2D eigenvalue weighted by Crippen LogP contribution is -2.44. The van der Waals surface area contributed by atoms with Crippen LogP contribution >= 0.6 is 0 Å². The molecule has 2 aliphatic rings. The van der Waals surface area contributed by atoms with Crippen LogP contribution in [0.25, 0.3) is 0 Å². The first-order valence-corrected chi connectivity index (χ1v) is 7.38. The normalized spacial score (nSPS) is 24.2. The molecule has 0 amide bonds. The van der Waals surface area contributed by atoms with Crippen LogP contribution in [0, 0.1) is 0 Å². The number of nitrogens with one attached hydrogen (secondary N) is 1. The molecule has 0 radical (unpaired) electrons. The van der Waals surface area contributed by atoms with E-state index in [1.54, 1.807) is 11.1 Å². The van der Waals surface area contributed by atoms with Crippen molar-refractivity contribution in [1.82, 2.24) is 10.2 Å². The van der Waals surface area contributed by atoms with Crippen LogP contribution in [0.3, 0.4) is 0 Å². The summed E-state index contributed by atoms with van der Waals surface area (Å²) < 4.78 is 0. The van der Waals surface area contributed by atoms with Crippen molar-refractivity contribution >= 4 is 0 Å². The summed E-state index contributed by atoms with van der Waals surface area (Å²) in [6.07, 6.45) is 3.84. The van der Waals surface area contributed by atoms with Gasteiger partial charge < -0.3 is 10.2 Å². The summed E-state index contributed by atoms with van der Waals surface area (Å²) in [7, 11) is 0. The molecule has 1 aromatic rings. The summed E-state index contributed by atoms with van der Waals surface area (Å²) in [5.41, 5.74) is 4.74. The summed E-state index contributed by atoms with van der Waals surface area (Å²) in [5.74, 6) is 0.777. The second-order valence-electron chi connectivity index (χ2n) is 5.81. The Kier molecular flexibility index (Phi) is 3.67. The maximum atomic E-state index is 3.41. The summed E-state index contributed by atoms with van der Waals surface area (Å²) in [5, 5.41) is 3.41. The number of nitrogens with zero attached hydrogens (tertiary/aromatic N) is 1. The minimum absolute atomic E-state index is 0.777. The summed E-state index contributed by atoms with van der Waals surface area (Å²) in [6, 6.07) is 7.18. The smallest absolute Gasteiger partial charge is 0.0108 e. The van der Waals surface area contributed by atoms with Gasteiger partial charge in [-0.3, -0.25) is 0 Å². The molecule has 1 saturated heterocycles. The molecule has 0 bridgehead atoms. The Morgan fingerprint density at radius 3 is 2.94 bits per heavy atom. The van der Waals surface area contributed by atoms with Crippen molar-refractivity contribution in [2.75, 3.05) is 32.7 Å². The van der Waals surface area contributed by atoms with Crippen LogP contribution in [0.5, 0.6) is 0 Å². The first-order valence-electron chi connectivity index (χ1n) is 7.38. The summed E-state index contributed by atoms with van der Waals surface area (Å²) in [6.45, 7) is 8.31. The van der Waals surface area contributed by atoms with Gasteiger partial charge in [0.15, 0.2) is 0 Å². The monoisotopic (exact) mass is 244 g/mol. The van der Waals surface area contributed by atoms with Gasteiger partial charge in [0.2, 0.25) is 0 Å². The van der Waals surface area contributed by atoms with Crippen LogP contribution in [-0.4, -0.2) is 37.6 Å². The first-order chi connectivity index (χ1) is 8.83. The predicted molar refractivity (Wildman–Crippen MR) is 76.2 cm³/mol. The zero-order valence-corrected chi connectivity index (χ0v) is 11.4. The topological polar surface area (TPSA) is 15.3 Å². The van der Waals surface area contributed by atoms with Crippen molar-refractivity contribution in [3.63, 3.8) is 0 Å². The molecule has 1 aliphatic carbocycles. The Morgan fingerprint density at radius 1 is 1.28 bits per heavy atom. The van der Waals surface area contributed by atoms with E-state index in [0.29, 0.717) is 0 Å². The molecular formula is C16H24N2. The molecule has 1 N–H and O–H groups in total. The van der Waals surface area contributed by atoms with Crippen molar-refractivity contribution in [1.29, 1.82) is 0 Å². The van der Waals surface area contributed by atoms with E-state index in [4.69, 9.17) is 0 Å². The van der Waals surface area contributed by atoms with E-state index < -0.39 is 0 Å². The van der Waals surface area contributed by atoms with Crippen molar-refractivity contribution in [3.05, 3.63) is 34.9 Å². The lowest BCUT2D eigenvalue weighted by Gasteiger charge is -2.27. The lowest BCUT2D eigenvalue weighted by molar-refractivity contribution is 0.244. The molecule has 1 fully saturated rings. The largest absolute Gasteiger partial charge is 0.314 e. The number of benzene rings is 1. The molecule has 2 heteroatoms. The first kappa shape index (κ1) is 12.2. The van der Waals surface area contributed by atoms with Crippen molar-refractivity contribution < 1.29 is 0 Å². The van der Waals surface area contributed by atoms with E-state index in [1.807, 2.05) is 0 Å². The van der Waals surface area contributed by atoms with E-state index >= 15 is 0 Å². The van der Waals surface area contributed by atoms with Gasteiger partial charge in [-0.15, -0.1) is 0 Å². The molecule has 1 unspecified atom stereocenters. The second-order valence-corrected chi connectivity index (χ2v) is 5.81. The average Bonchev–Trinajstić information content (AvgIpc) is 2.79. The highest BCUT2D eigenvalue weighted by Gasteiger charge is 2.18. The SMILES string of the molecule is CC1CCc2ccc(CCN3CCNCC3)cc21. The molecule has 3 rings (SSSR count). The molecule has 18 heavy (non-hydrogen) atoms. The third-order valence-corrected chi connectivity index (χ3v) is 4.51. The molecule has 0 aromatic heterocycles. The number of hydrogen-bond acceptors (Lipinski definition) is 2. The average molecular weight is 244 g/mol. The molecule has 1 heterocycles. The molecule has 98 valence electrons. The van der Waals surface area contributed by atoms with Crippen molar-refractivity contribution in [3.8, 4) is 0 Å². The number of rotatable bonds is 3. The van der Waals surface area contributed by atoms with E-state index in [-0.39, 0.29) is 0 Å². The predicted octanol–water partition coefficient (Wildman–Crippen LogP) is 2.18. The minimum Gasteiger partial charge on any atom is -0.314 e. The molecule has 2 nitrogen and oxygen atoms in total. The van der Waals surface area contributed by atoms with Crippen molar-refractivity contribution in [2.24, 2.45) is 0 Å². The molecule has 0 saturated carbocycles. The fourth-order valence-electron chi connectivity index (χ4n) is 3.24. The van der Waals surface area contributed by atoms with Crippen LogP contribution in [-0.2, 0) is 12.8 Å². The molecular weight excluding hydrogens is 220 g/mol. The number of aryl methyl sites for hydroxylation is 1. The maximum Gasteiger partial charge on any atom is 0.0108 e. The molecule has 1 aliphatic heterocycles. The highest BCUT2D eigenvalue weighted by molar-refractivity contribution is 5.38. The van der Waals surface area contributed by atoms with Gasteiger partial charge in [-0.05, 0) is 41.9 Å². The van der Waals surface area contributed by atoms with E-state index in [9.17, 15) is 0 Å². The number of piperazine rings is 1. The zero-order chi connectivity index (χ0) is 12.4. The molecule has 0 spiro atoms. The molecule has 1 atom stereocenters. The quantitative estimate of drug-likeness (QED) is 0.877. The van der Waals surface area contributed by atoms with Gasteiger partial charge in [0.1, 0.15) is 0 Å². The van der Waals surface area contributed by atoms with Gasteiger partial charge in [-0.1, -0.05) is 25.1 Å². The third-order valence-electron chi connectivity index (χ3n) is 4.51. The van der Waals surface area contributed by atoms with E-state index in [1.165, 1.54) is 44.5 Å². The number of fused-ring (bicyclic) bond motifs is 1. The lowest BCUT2D eigenvalue weighted by atomic mass is 9.99. The van der Waals surface area contributed by atoms with Crippen LogP contribution in [0.4, 0.5) is 0 Å². The summed E-state index contributed by atoms with van der Waals surface area (Å²) in [4.78, 5) is 2.58. The van der Waals surface area contributed by atoms with Gasteiger partial charge in [0, 0.05) is 32.7 Å². The van der Waals surface area contributed by atoms with Crippen LogP contribution < -0.4 is 5.32 Å². The summed E-state index contributed by atoms with van der Waals surface area (Å²) >= 11 is 0. The standard InChI is InChI=1S/C16H24N2/c1-13-2-4-15-5-3-14(12-16(13)15)6-9-18-10-7-17-8-11-18/h3,5,12-13,17H,2,4,6-11H2,1H3. The van der Waals surface area contributed by atoms with Gasteiger partial charge in [0.05, 0.1) is 0 Å². The zero-order valence-electron chi connectivity index (χ0n) is 11.4. The van der Waals surface area contributed by atoms with Crippen LogP contribution in [0.1, 0.15) is 36.0 Å². The van der Waals surface area contributed by atoms with Gasteiger partial charge >= 0.3 is 0 Å². The second kappa shape index (κ2) is 5.41. The van der Waals surface area contributed by atoms with Crippen LogP contribution in [0.15, 0.2) is 18.2 Å². The van der Waals surface area contributed by atoms with Crippen LogP contribution in [0.2, 0.25) is 0 Å². The third kappa shape index (κ3) is 2.60. The fraction of sp³-hybridized carbons (Fsp3) is 0.625.